The molecule has 0 bridgehead atoms. The van der Waals surface area contributed by atoms with Gasteiger partial charge in [0.2, 0.25) is 0 Å². The molecule has 0 fully saturated rings. The van der Waals surface area contributed by atoms with E-state index in [1.165, 1.54) is 12.0 Å². The quantitative estimate of drug-likeness (QED) is 0.792. The first-order valence-electron chi connectivity index (χ1n) is 5.31. The van der Waals surface area contributed by atoms with E-state index in [-0.39, 0.29) is 0 Å². The molecule has 0 aliphatic rings. The fourth-order valence-corrected chi connectivity index (χ4v) is 1.39. The fraction of sp³-hybridized carbons (Fsp3) is 0.583. The Hall–Kier alpha value is -1.05. The number of aryl methyl sites for hydroxylation is 1. The van der Waals surface area contributed by atoms with Crippen molar-refractivity contribution in [3.63, 3.8) is 0 Å². The normalized spacial score (nSPS) is 14.9. The van der Waals surface area contributed by atoms with E-state index in [4.69, 9.17) is 0 Å². The molecule has 0 spiro atoms. The summed E-state index contributed by atoms with van der Waals surface area (Å²) in [5, 5.41) is 3.47. The number of rotatable bonds is 4. The molecule has 0 saturated carbocycles. The van der Waals surface area contributed by atoms with Gasteiger partial charge in [0.15, 0.2) is 0 Å². The van der Waals surface area contributed by atoms with Gasteiger partial charge in [-0.15, -0.1) is 0 Å². The fourth-order valence-electron chi connectivity index (χ4n) is 1.39. The summed E-state index contributed by atoms with van der Waals surface area (Å²) in [7, 11) is 0. The van der Waals surface area contributed by atoms with Crippen LogP contribution in [-0.2, 0) is 0 Å². The molecule has 0 aliphatic carbocycles. The van der Waals surface area contributed by atoms with Gasteiger partial charge in [-0.2, -0.15) is 0 Å². The van der Waals surface area contributed by atoms with Crippen molar-refractivity contribution in [2.75, 3.05) is 5.32 Å². The van der Waals surface area contributed by atoms with Gasteiger partial charge in [0.25, 0.3) is 0 Å². The van der Waals surface area contributed by atoms with Gasteiger partial charge in [0.1, 0.15) is 0 Å². The highest BCUT2D eigenvalue weighted by Gasteiger charge is 2.09. The van der Waals surface area contributed by atoms with E-state index in [9.17, 15) is 0 Å². The Morgan fingerprint density at radius 2 is 2.07 bits per heavy atom. The van der Waals surface area contributed by atoms with Crippen molar-refractivity contribution in [2.24, 2.45) is 5.92 Å². The van der Waals surface area contributed by atoms with Crippen LogP contribution < -0.4 is 5.32 Å². The van der Waals surface area contributed by atoms with Gasteiger partial charge in [-0.3, -0.25) is 4.98 Å². The molecule has 2 unspecified atom stereocenters. The van der Waals surface area contributed by atoms with Crippen LogP contribution in [0.1, 0.15) is 32.8 Å². The van der Waals surface area contributed by atoms with E-state index in [0.29, 0.717) is 12.0 Å². The zero-order valence-electron chi connectivity index (χ0n) is 9.54. The van der Waals surface area contributed by atoms with Gasteiger partial charge in [-0.05, 0) is 31.4 Å². The molecule has 0 aliphatic heterocycles. The van der Waals surface area contributed by atoms with E-state index in [2.05, 4.69) is 44.1 Å². The minimum Gasteiger partial charge on any atom is -0.381 e. The number of nitrogens with one attached hydrogen (secondary N) is 1. The Balaban J connectivity index is 2.60. The van der Waals surface area contributed by atoms with E-state index >= 15 is 0 Å². The molecule has 0 saturated heterocycles. The summed E-state index contributed by atoms with van der Waals surface area (Å²) in [5.74, 6) is 0.690. The Labute approximate surface area is 86.8 Å². The minimum atomic E-state index is 0.503. The SMILES string of the molecule is CCC(C)C(C)Nc1cncc(C)c1. The molecule has 0 aromatic carbocycles. The molecule has 1 heterocycles. The lowest BCUT2D eigenvalue weighted by molar-refractivity contribution is 0.494. The second-order valence-electron chi connectivity index (χ2n) is 4.07. The Morgan fingerprint density at radius 1 is 1.36 bits per heavy atom. The lowest BCUT2D eigenvalue weighted by atomic mass is 10.0. The monoisotopic (exact) mass is 192 g/mol. The molecule has 0 amide bonds. The molecule has 1 rings (SSSR count). The molecule has 14 heavy (non-hydrogen) atoms. The predicted molar refractivity (Wildman–Crippen MR) is 61.5 cm³/mol. The van der Waals surface area contributed by atoms with Crippen LogP contribution in [0.4, 0.5) is 5.69 Å². The van der Waals surface area contributed by atoms with Crippen LogP contribution in [0.2, 0.25) is 0 Å². The third-order valence-corrected chi connectivity index (χ3v) is 2.77. The van der Waals surface area contributed by atoms with Gasteiger partial charge in [-0.1, -0.05) is 20.3 Å². The van der Waals surface area contributed by atoms with Crippen molar-refractivity contribution in [3.05, 3.63) is 24.0 Å². The molecular weight excluding hydrogens is 172 g/mol. The molecule has 2 atom stereocenters. The second kappa shape index (κ2) is 4.99. The van der Waals surface area contributed by atoms with Crippen LogP contribution in [0.3, 0.4) is 0 Å². The average Bonchev–Trinajstić information content (AvgIpc) is 2.16. The third kappa shape index (κ3) is 3.02. The largest absolute Gasteiger partial charge is 0.381 e. The second-order valence-corrected chi connectivity index (χ2v) is 4.07. The summed E-state index contributed by atoms with van der Waals surface area (Å²) in [6, 6.07) is 2.63. The number of pyridine rings is 1. The zero-order chi connectivity index (χ0) is 10.6. The van der Waals surface area contributed by atoms with Crippen LogP contribution in [0.15, 0.2) is 18.5 Å². The summed E-state index contributed by atoms with van der Waals surface area (Å²) in [6.45, 7) is 8.76. The van der Waals surface area contributed by atoms with Gasteiger partial charge in [0, 0.05) is 18.4 Å². The van der Waals surface area contributed by atoms with Gasteiger partial charge < -0.3 is 5.32 Å². The van der Waals surface area contributed by atoms with Crippen LogP contribution in [0.25, 0.3) is 0 Å². The Kier molecular flexibility index (Phi) is 3.93. The molecule has 1 aromatic rings. The standard InChI is InChI=1S/C12H20N2/c1-5-10(3)11(4)14-12-6-9(2)7-13-8-12/h6-8,10-11,14H,5H2,1-4H3. The molecule has 2 nitrogen and oxygen atoms in total. The van der Waals surface area contributed by atoms with Crippen LogP contribution in [0.5, 0.6) is 0 Å². The lowest BCUT2D eigenvalue weighted by Crippen LogP contribution is -2.23. The van der Waals surface area contributed by atoms with Crippen LogP contribution in [0, 0.1) is 12.8 Å². The molecule has 1 N–H and O–H groups in total. The van der Waals surface area contributed by atoms with E-state index < -0.39 is 0 Å². The van der Waals surface area contributed by atoms with Gasteiger partial charge in [0.05, 0.1) is 5.69 Å². The summed E-state index contributed by atoms with van der Waals surface area (Å²) in [5.41, 5.74) is 2.32. The topological polar surface area (TPSA) is 24.9 Å². The van der Waals surface area contributed by atoms with Crippen molar-refractivity contribution in [1.29, 1.82) is 0 Å². The summed E-state index contributed by atoms with van der Waals surface area (Å²) in [4.78, 5) is 4.16. The summed E-state index contributed by atoms with van der Waals surface area (Å²) < 4.78 is 0. The predicted octanol–water partition coefficient (Wildman–Crippen LogP) is 3.24. The highest BCUT2D eigenvalue weighted by molar-refractivity contribution is 5.43. The van der Waals surface area contributed by atoms with Gasteiger partial charge in [-0.25, -0.2) is 0 Å². The maximum Gasteiger partial charge on any atom is 0.0531 e. The van der Waals surface area contributed by atoms with Gasteiger partial charge >= 0.3 is 0 Å². The Bertz CT molecular complexity index is 283. The van der Waals surface area contributed by atoms with E-state index in [1.54, 1.807) is 0 Å². The number of aromatic nitrogens is 1. The van der Waals surface area contributed by atoms with Crippen molar-refractivity contribution in [2.45, 2.75) is 40.2 Å². The van der Waals surface area contributed by atoms with Crippen molar-refractivity contribution in [1.82, 2.24) is 4.98 Å². The first-order valence-corrected chi connectivity index (χ1v) is 5.31. The number of hydrogen-bond acceptors (Lipinski definition) is 2. The zero-order valence-corrected chi connectivity index (χ0v) is 9.54. The number of hydrogen-bond donors (Lipinski definition) is 1. The first-order chi connectivity index (χ1) is 6.63. The summed E-state index contributed by atoms with van der Waals surface area (Å²) >= 11 is 0. The molecule has 0 radical (unpaired) electrons. The minimum absolute atomic E-state index is 0.503. The highest BCUT2D eigenvalue weighted by atomic mass is 14.9. The molecule has 1 aromatic heterocycles. The average molecular weight is 192 g/mol. The molecular formula is C12H20N2. The van der Waals surface area contributed by atoms with Crippen LogP contribution >= 0.6 is 0 Å². The van der Waals surface area contributed by atoms with Crippen molar-refractivity contribution in [3.8, 4) is 0 Å². The summed E-state index contributed by atoms with van der Waals surface area (Å²) in [6.07, 6.45) is 4.96. The molecule has 78 valence electrons. The number of anilines is 1. The maximum absolute atomic E-state index is 4.16. The van der Waals surface area contributed by atoms with Crippen molar-refractivity contribution >= 4 is 5.69 Å². The third-order valence-electron chi connectivity index (χ3n) is 2.77. The maximum atomic E-state index is 4.16. The van der Waals surface area contributed by atoms with E-state index in [0.717, 1.165) is 5.69 Å². The van der Waals surface area contributed by atoms with Crippen LogP contribution in [-0.4, -0.2) is 11.0 Å². The Morgan fingerprint density at radius 3 is 2.64 bits per heavy atom. The molecule has 2 heteroatoms. The van der Waals surface area contributed by atoms with Crippen molar-refractivity contribution < 1.29 is 0 Å². The smallest absolute Gasteiger partial charge is 0.0531 e. The highest BCUT2D eigenvalue weighted by Crippen LogP contribution is 2.14. The van der Waals surface area contributed by atoms with E-state index in [1.807, 2.05) is 12.4 Å². The number of nitrogens with zero attached hydrogens (tertiary/aromatic N) is 1. The lowest BCUT2D eigenvalue weighted by Gasteiger charge is -2.20. The first kappa shape index (κ1) is 11.0.